The van der Waals surface area contributed by atoms with E-state index in [9.17, 15) is 4.79 Å². The lowest BCUT2D eigenvalue weighted by Gasteiger charge is -2.09. The van der Waals surface area contributed by atoms with Crippen molar-refractivity contribution in [2.45, 2.75) is 19.9 Å². The third kappa shape index (κ3) is 4.66. The highest BCUT2D eigenvalue weighted by Gasteiger charge is 2.04. The van der Waals surface area contributed by atoms with Gasteiger partial charge in [-0.15, -0.1) is 0 Å². The summed E-state index contributed by atoms with van der Waals surface area (Å²) in [4.78, 5) is 11.7. The van der Waals surface area contributed by atoms with Crippen LogP contribution in [0.25, 0.3) is 0 Å². The van der Waals surface area contributed by atoms with Crippen molar-refractivity contribution in [3.8, 4) is 6.07 Å². The van der Waals surface area contributed by atoms with Crippen LogP contribution < -0.4 is 10.6 Å². The van der Waals surface area contributed by atoms with Gasteiger partial charge in [0.25, 0.3) is 5.91 Å². The number of hydrogen-bond donors (Lipinski definition) is 2. The van der Waals surface area contributed by atoms with Crippen LogP contribution in [0.2, 0.25) is 0 Å². The van der Waals surface area contributed by atoms with Gasteiger partial charge >= 0.3 is 0 Å². The number of nitriles is 1. The highest BCUT2D eigenvalue weighted by atomic mass is 16.1. The second-order valence-electron chi connectivity index (χ2n) is 4.05. The fourth-order valence-electron chi connectivity index (χ4n) is 1.34. The maximum atomic E-state index is 11.7. The second-order valence-corrected chi connectivity index (χ2v) is 4.05. The summed E-state index contributed by atoms with van der Waals surface area (Å²) in [6.07, 6.45) is 0. The van der Waals surface area contributed by atoms with E-state index in [4.69, 9.17) is 5.26 Å². The monoisotopic (exact) mass is 231 g/mol. The van der Waals surface area contributed by atoms with Crippen molar-refractivity contribution in [1.82, 2.24) is 10.6 Å². The Hall–Kier alpha value is -1.86. The molecule has 0 aliphatic carbocycles. The molecule has 0 radical (unpaired) electrons. The lowest BCUT2D eigenvalue weighted by Crippen LogP contribution is -2.34. The van der Waals surface area contributed by atoms with Crippen LogP contribution in [0.1, 0.15) is 29.8 Å². The Morgan fingerprint density at radius 2 is 1.94 bits per heavy atom. The molecule has 0 saturated heterocycles. The molecule has 1 aromatic rings. The fourth-order valence-corrected chi connectivity index (χ4v) is 1.34. The summed E-state index contributed by atoms with van der Waals surface area (Å²) < 4.78 is 0. The molecule has 0 saturated carbocycles. The van der Waals surface area contributed by atoms with E-state index in [2.05, 4.69) is 24.5 Å². The van der Waals surface area contributed by atoms with Gasteiger partial charge in [-0.05, 0) is 24.3 Å². The molecule has 0 heterocycles. The van der Waals surface area contributed by atoms with E-state index in [-0.39, 0.29) is 5.91 Å². The molecule has 0 bridgehead atoms. The molecule has 1 amide bonds. The fraction of sp³-hybridized carbons (Fsp3) is 0.385. The summed E-state index contributed by atoms with van der Waals surface area (Å²) in [6, 6.07) is 9.03. The lowest BCUT2D eigenvalue weighted by atomic mass is 10.1. The van der Waals surface area contributed by atoms with Gasteiger partial charge in [0.1, 0.15) is 0 Å². The van der Waals surface area contributed by atoms with Crippen LogP contribution in [0.4, 0.5) is 0 Å². The number of nitrogens with zero attached hydrogens (tertiary/aromatic N) is 1. The summed E-state index contributed by atoms with van der Waals surface area (Å²) in [7, 11) is 0. The minimum Gasteiger partial charge on any atom is -0.351 e. The number of nitrogens with one attached hydrogen (secondary N) is 2. The van der Waals surface area contributed by atoms with Crippen LogP contribution in [0.5, 0.6) is 0 Å². The summed E-state index contributed by atoms with van der Waals surface area (Å²) in [5, 5.41) is 14.7. The Kier molecular flexibility index (Phi) is 5.18. The van der Waals surface area contributed by atoms with Gasteiger partial charge in [0.15, 0.2) is 0 Å². The molecule has 0 aromatic heterocycles. The first-order chi connectivity index (χ1) is 8.13. The predicted molar refractivity (Wildman–Crippen MR) is 66.6 cm³/mol. The molecule has 2 N–H and O–H groups in total. The van der Waals surface area contributed by atoms with E-state index >= 15 is 0 Å². The van der Waals surface area contributed by atoms with Crippen molar-refractivity contribution in [1.29, 1.82) is 5.26 Å². The SMILES string of the molecule is CC(C)NCCNC(=O)c1ccc(C#N)cc1. The Morgan fingerprint density at radius 3 is 2.47 bits per heavy atom. The van der Waals surface area contributed by atoms with Gasteiger partial charge in [-0.3, -0.25) is 4.79 Å². The molecule has 90 valence electrons. The lowest BCUT2D eigenvalue weighted by molar-refractivity contribution is 0.0953. The Bertz CT molecular complexity index is 404. The smallest absolute Gasteiger partial charge is 0.251 e. The quantitative estimate of drug-likeness (QED) is 0.750. The maximum Gasteiger partial charge on any atom is 0.251 e. The number of amides is 1. The molecule has 0 atom stereocenters. The van der Waals surface area contributed by atoms with E-state index in [1.54, 1.807) is 24.3 Å². The minimum absolute atomic E-state index is 0.111. The van der Waals surface area contributed by atoms with Crippen molar-refractivity contribution in [2.24, 2.45) is 0 Å². The second kappa shape index (κ2) is 6.66. The summed E-state index contributed by atoms with van der Waals surface area (Å²) in [5.41, 5.74) is 1.14. The van der Waals surface area contributed by atoms with Crippen LogP contribution in [0.3, 0.4) is 0 Å². The van der Waals surface area contributed by atoms with E-state index < -0.39 is 0 Å². The van der Waals surface area contributed by atoms with Gasteiger partial charge in [-0.2, -0.15) is 5.26 Å². The molecule has 0 spiro atoms. The number of rotatable bonds is 5. The summed E-state index contributed by atoms with van der Waals surface area (Å²) in [5.74, 6) is -0.111. The highest BCUT2D eigenvalue weighted by Crippen LogP contribution is 2.02. The van der Waals surface area contributed by atoms with Gasteiger partial charge in [0, 0.05) is 24.7 Å². The van der Waals surface area contributed by atoms with Gasteiger partial charge < -0.3 is 10.6 Å². The standard InChI is InChI=1S/C13H17N3O/c1-10(2)15-7-8-16-13(17)12-5-3-11(9-14)4-6-12/h3-6,10,15H,7-8H2,1-2H3,(H,16,17). The van der Waals surface area contributed by atoms with Gasteiger partial charge in [-0.25, -0.2) is 0 Å². The number of carbonyl (C=O) groups excluding carboxylic acids is 1. The van der Waals surface area contributed by atoms with Crippen LogP contribution in [0, 0.1) is 11.3 Å². The van der Waals surface area contributed by atoms with E-state index in [1.807, 2.05) is 6.07 Å². The van der Waals surface area contributed by atoms with Crippen LogP contribution >= 0.6 is 0 Å². The van der Waals surface area contributed by atoms with Gasteiger partial charge in [0.05, 0.1) is 11.6 Å². The van der Waals surface area contributed by atoms with E-state index in [0.717, 1.165) is 6.54 Å². The maximum absolute atomic E-state index is 11.7. The Balaban J connectivity index is 2.39. The Labute approximate surface area is 102 Å². The highest BCUT2D eigenvalue weighted by molar-refractivity contribution is 5.94. The zero-order chi connectivity index (χ0) is 12.7. The average Bonchev–Trinajstić information content (AvgIpc) is 2.34. The molecule has 0 fully saturated rings. The van der Waals surface area contributed by atoms with Crippen molar-refractivity contribution in [3.63, 3.8) is 0 Å². The van der Waals surface area contributed by atoms with Crippen LogP contribution in [0.15, 0.2) is 24.3 Å². The molecule has 17 heavy (non-hydrogen) atoms. The summed E-state index contributed by atoms with van der Waals surface area (Å²) in [6.45, 7) is 5.46. The predicted octanol–water partition coefficient (Wildman–Crippen LogP) is 1.29. The first-order valence-electron chi connectivity index (χ1n) is 5.65. The number of carbonyl (C=O) groups is 1. The zero-order valence-electron chi connectivity index (χ0n) is 10.2. The average molecular weight is 231 g/mol. The molecular formula is C13H17N3O. The van der Waals surface area contributed by atoms with Crippen molar-refractivity contribution >= 4 is 5.91 Å². The van der Waals surface area contributed by atoms with Crippen molar-refractivity contribution in [2.75, 3.05) is 13.1 Å². The molecule has 4 nitrogen and oxygen atoms in total. The van der Waals surface area contributed by atoms with Crippen LogP contribution in [-0.4, -0.2) is 25.0 Å². The third-order valence-electron chi connectivity index (χ3n) is 2.24. The first-order valence-corrected chi connectivity index (χ1v) is 5.65. The van der Waals surface area contributed by atoms with Gasteiger partial charge in [0.2, 0.25) is 0 Å². The molecule has 0 aliphatic heterocycles. The van der Waals surface area contributed by atoms with Crippen molar-refractivity contribution < 1.29 is 4.79 Å². The molecule has 0 unspecified atom stereocenters. The molecular weight excluding hydrogens is 214 g/mol. The van der Waals surface area contributed by atoms with E-state index in [0.29, 0.717) is 23.7 Å². The largest absolute Gasteiger partial charge is 0.351 e. The summed E-state index contributed by atoms with van der Waals surface area (Å²) >= 11 is 0. The third-order valence-corrected chi connectivity index (χ3v) is 2.24. The molecule has 4 heteroatoms. The topological polar surface area (TPSA) is 64.9 Å². The molecule has 1 rings (SSSR count). The van der Waals surface area contributed by atoms with Gasteiger partial charge in [-0.1, -0.05) is 13.8 Å². The first kappa shape index (κ1) is 13.2. The molecule has 1 aromatic carbocycles. The van der Waals surface area contributed by atoms with Crippen LogP contribution in [-0.2, 0) is 0 Å². The minimum atomic E-state index is -0.111. The number of benzene rings is 1. The number of hydrogen-bond acceptors (Lipinski definition) is 3. The molecule has 0 aliphatic rings. The Morgan fingerprint density at radius 1 is 1.29 bits per heavy atom. The van der Waals surface area contributed by atoms with E-state index in [1.165, 1.54) is 0 Å². The normalized spacial score (nSPS) is 10.0. The van der Waals surface area contributed by atoms with Crippen molar-refractivity contribution in [3.05, 3.63) is 35.4 Å². The zero-order valence-corrected chi connectivity index (χ0v) is 10.2.